The van der Waals surface area contributed by atoms with Gasteiger partial charge >= 0.3 is 12.1 Å². The molecular weight excluding hydrogens is 589 g/mol. The van der Waals surface area contributed by atoms with Gasteiger partial charge in [-0.2, -0.15) is 24.9 Å². The Morgan fingerprint density at radius 1 is 0.932 bits per heavy atom. The van der Waals surface area contributed by atoms with Crippen LogP contribution in [-0.4, -0.2) is 51.8 Å². The molecule has 0 radical (unpaired) electrons. The van der Waals surface area contributed by atoms with Crippen LogP contribution in [0.2, 0.25) is 0 Å². The number of thioether (sulfide) groups is 1. The van der Waals surface area contributed by atoms with Gasteiger partial charge in [-0.25, -0.2) is 14.8 Å². The fourth-order valence-electron chi connectivity index (χ4n) is 5.09. The average molecular weight is 621 g/mol. The number of halogens is 3. The first-order chi connectivity index (χ1) is 21.2. The summed E-state index contributed by atoms with van der Waals surface area (Å²) in [6.07, 6.45) is -2.80. The van der Waals surface area contributed by atoms with Gasteiger partial charge in [0.25, 0.3) is 5.91 Å². The number of nitrogens with zero attached hydrogens (tertiary/aromatic N) is 3. The molecule has 1 atom stereocenters. The molecule has 1 unspecified atom stereocenters. The molecule has 2 N–H and O–H groups in total. The lowest BCUT2D eigenvalue weighted by molar-refractivity contribution is -0.139. The molecule has 1 amide bonds. The lowest BCUT2D eigenvalue weighted by atomic mass is 9.89. The molecule has 0 aliphatic carbocycles. The lowest BCUT2D eigenvalue weighted by Gasteiger charge is -2.33. The van der Waals surface area contributed by atoms with Crippen LogP contribution in [0.25, 0.3) is 11.4 Å². The number of amides is 1. The molecule has 44 heavy (non-hydrogen) atoms. The Morgan fingerprint density at radius 2 is 1.57 bits per heavy atom. The molecule has 1 aromatic heterocycles. The molecule has 5 rings (SSSR count). The van der Waals surface area contributed by atoms with E-state index in [4.69, 9.17) is 0 Å². The summed E-state index contributed by atoms with van der Waals surface area (Å²) in [5, 5.41) is 12.4. The number of aliphatic carboxylic acids is 1. The van der Waals surface area contributed by atoms with Crippen LogP contribution in [0.1, 0.15) is 45.9 Å². The third kappa shape index (κ3) is 7.96. The van der Waals surface area contributed by atoms with Gasteiger partial charge in [0, 0.05) is 36.2 Å². The molecule has 1 aliphatic heterocycles. The van der Waals surface area contributed by atoms with E-state index in [1.54, 1.807) is 0 Å². The van der Waals surface area contributed by atoms with E-state index in [1.165, 1.54) is 35.5 Å². The summed E-state index contributed by atoms with van der Waals surface area (Å²) in [6, 6.07) is 24.6. The fraction of sp³-hybridized carbons (Fsp3) is 0.273. The second-order valence-corrected chi connectivity index (χ2v) is 11.6. The first-order valence-electron chi connectivity index (χ1n) is 14.2. The van der Waals surface area contributed by atoms with E-state index in [1.807, 2.05) is 53.4 Å². The van der Waals surface area contributed by atoms with Crippen LogP contribution in [0.3, 0.4) is 0 Å². The molecule has 7 nitrogen and oxygen atoms in total. The van der Waals surface area contributed by atoms with E-state index in [0.29, 0.717) is 36.1 Å². The zero-order valence-electron chi connectivity index (χ0n) is 23.7. The molecule has 2 heterocycles. The predicted molar refractivity (Wildman–Crippen MR) is 165 cm³/mol. The summed E-state index contributed by atoms with van der Waals surface area (Å²) in [7, 11) is 0. The van der Waals surface area contributed by atoms with Gasteiger partial charge in [-0.05, 0) is 42.0 Å². The van der Waals surface area contributed by atoms with Crippen molar-refractivity contribution in [3.05, 3.63) is 113 Å². The van der Waals surface area contributed by atoms with E-state index < -0.39 is 29.7 Å². The lowest BCUT2D eigenvalue weighted by Crippen LogP contribution is -2.43. The molecular formula is C33H31F3N4O3S. The number of aromatic nitrogens is 2. The Balaban J connectivity index is 1.37. The number of anilines is 1. The van der Waals surface area contributed by atoms with Crippen LogP contribution in [0.4, 0.5) is 19.0 Å². The third-order valence-electron chi connectivity index (χ3n) is 7.51. The van der Waals surface area contributed by atoms with E-state index in [9.17, 15) is 27.9 Å². The smallest absolute Gasteiger partial charge is 0.416 e. The zero-order valence-corrected chi connectivity index (χ0v) is 24.5. The monoisotopic (exact) mass is 620 g/mol. The van der Waals surface area contributed by atoms with Gasteiger partial charge in [0.05, 0.1) is 5.56 Å². The van der Waals surface area contributed by atoms with Crippen molar-refractivity contribution in [2.75, 3.05) is 23.7 Å². The number of nitrogens with one attached hydrogen (secondary N) is 1. The van der Waals surface area contributed by atoms with Crippen LogP contribution in [0.5, 0.6) is 0 Å². The van der Waals surface area contributed by atoms with E-state index in [2.05, 4.69) is 27.4 Å². The Bertz CT molecular complexity index is 1560. The quantitative estimate of drug-likeness (QED) is 0.205. The summed E-state index contributed by atoms with van der Waals surface area (Å²) in [5.41, 5.74) is 1.72. The Hall–Kier alpha value is -4.38. The molecule has 1 saturated heterocycles. The highest BCUT2D eigenvalue weighted by Crippen LogP contribution is 2.33. The van der Waals surface area contributed by atoms with Crippen molar-refractivity contribution >= 4 is 29.5 Å². The summed E-state index contributed by atoms with van der Waals surface area (Å²) < 4.78 is 39.6. The second kappa shape index (κ2) is 13.9. The molecule has 1 aliphatic rings. The summed E-state index contributed by atoms with van der Waals surface area (Å²) in [4.78, 5) is 36.4. The van der Waals surface area contributed by atoms with E-state index in [0.717, 1.165) is 30.5 Å². The Morgan fingerprint density at radius 3 is 2.18 bits per heavy atom. The largest absolute Gasteiger partial charge is 0.480 e. The molecule has 11 heteroatoms. The number of carboxylic acids is 1. The Labute approximate surface area is 257 Å². The number of carboxylic acid groups (broad SMARTS) is 1. The van der Waals surface area contributed by atoms with Crippen LogP contribution in [-0.2, 0) is 16.7 Å². The molecule has 4 aromatic rings. The van der Waals surface area contributed by atoms with Crippen LogP contribution < -0.4 is 10.2 Å². The van der Waals surface area contributed by atoms with E-state index >= 15 is 0 Å². The number of rotatable bonds is 10. The maximum atomic E-state index is 13.4. The van der Waals surface area contributed by atoms with Crippen molar-refractivity contribution < 1.29 is 27.9 Å². The summed E-state index contributed by atoms with van der Waals surface area (Å²) >= 11 is 1.38. The number of benzene rings is 3. The van der Waals surface area contributed by atoms with E-state index in [-0.39, 0.29) is 17.3 Å². The third-order valence-corrected chi connectivity index (χ3v) is 8.61. The van der Waals surface area contributed by atoms with Gasteiger partial charge in [0.15, 0.2) is 5.82 Å². The summed E-state index contributed by atoms with van der Waals surface area (Å²) in [6.45, 7) is 1.30. The number of piperidine rings is 1. The minimum Gasteiger partial charge on any atom is -0.480 e. The number of hydrogen-bond acceptors (Lipinski definition) is 6. The summed E-state index contributed by atoms with van der Waals surface area (Å²) in [5.74, 6) is -0.264. The predicted octanol–water partition coefficient (Wildman–Crippen LogP) is 6.66. The fourth-order valence-corrected chi connectivity index (χ4v) is 6.10. The standard InChI is InChI=1S/C33H31F3N4O3S/c34-33(35,36)26-13-11-25(12-14-26)30-37-27(31(41)38-28(32(42)43)21-44-20-22-7-3-1-4-8-22)19-29(39-30)40-17-15-24(16-18-40)23-9-5-2-6-10-23/h1-14,19,24,28H,15-18,20-21H2,(H,38,41)(H,42,43). The maximum Gasteiger partial charge on any atom is 0.416 e. The van der Waals surface area contributed by atoms with Gasteiger partial charge in [0.1, 0.15) is 17.6 Å². The number of carbonyl (C=O) groups excluding carboxylic acids is 1. The maximum absolute atomic E-state index is 13.4. The van der Waals surface area contributed by atoms with Crippen molar-refractivity contribution in [1.82, 2.24) is 15.3 Å². The first-order valence-corrected chi connectivity index (χ1v) is 15.3. The van der Waals surface area contributed by atoms with Crippen LogP contribution in [0.15, 0.2) is 91.0 Å². The van der Waals surface area contributed by atoms with Crippen LogP contribution >= 0.6 is 11.8 Å². The van der Waals surface area contributed by atoms with Crippen molar-refractivity contribution in [3.8, 4) is 11.4 Å². The van der Waals surface area contributed by atoms with Crippen molar-refractivity contribution in [1.29, 1.82) is 0 Å². The SMILES string of the molecule is O=C(NC(CSCc1ccccc1)C(=O)O)c1cc(N2CCC(c3ccccc3)CC2)nc(-c2ccc(C(F)(F)F)cc2)n1. The second-order valence-electron chi connectivity index (χ2n) is 10.5. The molecule has 3 aromatic carbocycles. The van der Waals surface area contributed by atoms with Gasteiger partial charge in [-0.1, -0.05) is 72.8 Å². The highest BCUT2D eigenvalue weighted by Gasteiger charge is 2.30. The van der Waals surface area contributed by atoms with Crippen molar-refractivity contribution in [2.45, 2.75) is 36.7 Å². The van der Waals surface area contributed by atoms with Crippen molar-refractivity contribution in [3.63, 3.8) is 0 Å². The average Bonchev–Trinajstić information content (AvgIpc) is 3.04. The zero-order chi connectivity index (χ0) is 31.1. The first kappa shape index (κ1) is 31.1. The minimum absolute atomic E-state index is 0.0607. The van der Waals surface area contributed by atoms with Gasteiger partial charge in [-0.15, -0.1) is 0 Å². The molecule has 1 fully saturated rings. The highest BCUT2D eigenvalue weighted by atomic mass is 32.2. The molecule has 0 bridgehead atoms. The van der Waals surface area contributed by atoms with Crippen molar-refractivity contribution in [2.24, 2.45) is 0 Å². The Kier molecular flexibility index (Phi) is 9.84. The molecule has 228 valence electrons. The number of alkyl halides is 3. The van der Waals surface area contributed by atoms with Gasteiger partial charge < -0.3 is 15.3 Å². The highest BCUT2D eigenvalue weighted by molar-refractivity contribution is 7.98. The van der Waals surface area contributed by atoms with Crippen LogP contribution in [0, 0.1) is 0 Å². The number of hydrogen-bond donors (Lipinski definition) is 2. The number of carbonyl (C=O) groups is 2. The van der Waals surface area contributed by atoms with Gasteiger partial charge in [0.2, 0.25) is 0 Å². The molecule has 0 saturated carbocycles. The minimum atomic E-state index is -4.50. The topological polar surface area (TPSA) is 95.4 Å². The molecule has 0 spiro atoms. The van der Waals surface area contributed by atoms with Gasteiger partial charge in [-0.3, -0.25) is 4.79 Å². The normalized spacial score (nSPS) is 14.7.